The summed E-state index contributed by atoms with van der Waals surface area (Å²) in [6.45, 7) is 5.53. The second kappa shape index (κ2) is 3.14. The van der Waals surface area contributed by atoms with E-state index in [4.69, 9.17) is 0 Å². The normalized spacial score (nSPS) is 28.2. The highest BCUT2D eigenvalue weighted by molar-refractivity contribution is 5.21. The number of aryl methyl sites for hydroxylation is 2. The Hall–Kier alpha value is -0.830. The van der Waals surface area contributed by atoms with Gasteiger partial charge in [0, 0.05) is 24.8 Å². The number of rotatable bonds is 1. The van der Waals surface area contributed by atoms with Crippen molar-refractivity contribution in [2.24, 2.45) is 13.0 Å². The van der Waals surface area contributed by atoms with Crippen molar-refractivity contribution < 1.29 is 0 Å². The third-order valence-electron chi connectivity index (χ3n) is 2.92. The van der Waals surface area contributed by atoms with Crippen LogP contribution in [-0.4, -0.2) is 16.3 Å². The Morgan fingerprint density at radius 3 is 2.85 bits per heavy atom. The van der Waals surface area contributed by atoms with Crippen molar-refractivity contribution in [2.75, 3.05) is 6.54 Å². The molecule has 1 aromatic heterocycles. The molecule has 0 saturated carbocycles. The molecule has 1 aliphatic heterocycles. The van der Waals surface area contributed by atoms with Crippen LogP contribution in [0.3, 0.4) is 0 Å². The first-order valence-electron chi connectivity index (χ1n) is 4.92. The van der Waals surface area contributed by atoms with Crippen molar-refractivity contribution >= 4 is 0 Å². The summed E-state index contributed by atoms with van der Waals surface area (Å²) in [4.78, 5) is 0. The van der Waals surface area contributed by atoms with E-state index in [0.717, 1.165) is 18.2 Å². The Kier molecular flexibility index (Phi) is 2.12. The van der Waals surface area contributed by atoms with Gasteiger partial charge >= 0.3 is 0 Å². The largest absolute Gasteiger partial charge is 0.310 e. The summed E-state index contributed by atoms with van der Waals surface area (Å²) in [5.41, 5.74) is 2.53. The van der Waals surface area contributed by atoms with Crippen molar-refractivity contribution in [1.82, 2.24) is 15.1 Å². The van der Waals surface area contributed by atoms with Crippen molar-refractivity contribution in [3.05, 3.63) is 17.5 Å². The summed E-state index contributed by atoms with van der Waals surface area (Å²) in [7, 11) is 1.98. The van der Waals surface area contributed by atoms with Gasteiger partial charge in [-0.3, -0.25) is 4.68 Å². The molecule has 0 aromatic carbocycles. The minimum absolute atomic E-state index is 0.522. The first-order valence-corrected chi connectivity index (χ1v) is 4.92. The molecule has 3 heteroatoms. The first kappa shape index (κ1) is 8.75. The minimum atomic E-state index is 0.522. The third kappa shape index (κ3) is 1.48. The van der Waals surface area contributed by atoms with Gasteiger partial charge in [0.15, 0.2) is 0 Å². The van der Waals surface area contributed by atoms with E-state index in [0.29, 0.717) is 6.04 Å². The van der Waals surface area contributed by atoms with Crippen LogP contribution in [0.4, 0.5) is 0 Å². The summed E-state index contributed by atoms with van der Waals surface area (Å²) in [5, 5.41) is 7.89. The van der Waals surface area contributed by atoms with Crippen molar-refractivity contribution in [1.29, 1.82) is 0 Å². The van der Waals surface area contributed by atoms with Crippen LogP contribution in [-0.2, 0) is 7.05 Å². The Balaban J connectivity index is 2.28. The number of nitrogens with one attached hydrogen (secondary N) is 1. The quantitative estimate of drug-likeness (QED) is 0.706. The molecule has 0 amide bonds. The second-order valence-electron chi connectivity index (χ2n) is 4.04. The Bertz CT molecular complexity index is 303. The van der Waals surface area contributed by atoms with E-state index < -0.39 is 0 Å². The van der Waals surface area contributed by atoms with Crippen molar-refractivity contribution in [3.8, 4) is 0 Å². The molecule has 3 nitrogen and oxygen atoms in total. The Morgan fingerprint density at radius 1 is 1.62 bits per heavy atom. The number of hydrogen-bond donors (Lipinski definition) is 1. The van der Waals surface area contributed by atoms with E-state index >= 15 is 0 Å². The highest BCUT2D eigenvalue weighted by Crippen LogP contribution is 2.30. The fourth-order valence-electron chi connectivity index (χ4n) is 2.17. The van der Waals surface area contributed by atoms with Gasteiger partial charge in [0.25, 0.3) is 0 Å². The van der Waals surface area contributed by atoms with Crippen LogP contribution in [0.5, 0.6) is 0 Å². The van der Waals surface area contributed by atoms with Gasteiger partial charge in [0.1, 0.15) is 0 Å². The molecule has 72 valence electrons. The molecule has 0 bridgehead atoms. The molecule has 1 fully saturated rings. The van der Waals surface area contributed by atoms with E-state index in [1.165, 1.54) is 12.0 Å². The average Bonchev–Trinajstić information content (AvgIpc) is 2.58. The number of nitrogens with zero attached hydrogens (tertiary/aromatic N) is 2. The molecule has 0 radical (unpaired) electrons. The van der Waals surface area contributed by atoms with Gasteiger partial charge in [0.2, 0.25) is 0 Å². The van der Waals surface area contributed by atoms with E-state index in [1.54, 1.807) is 0 Å². The molecular weight excluding hydrogens is 162 g/mol. The van der Waals surface area contributed by atoms with E-state index in [1.807, 2.05) is 11.7 Å². The highest BCUT2D eigenvalue weighted by Gasteiger charge is 2.26. The van der Waals surface area contributed by atoms with Gasteiger partial charge in [-0.05, 0) is 25.8 Å². The van der Waals surface area contributed by atoms with Crippen LogP contribution in [0, 0.1) is 12.8 Å². The van der Waals surface area contributed by atoms with Crippen LogP contribution in [0.15, 0.2) is 6.20 Å². The average molecular weight is 179 g/mol. The molecule has 2 unspecified atom stereocenters. The molecular formula is C10H17N3. The van der Waals surface area contributed by atoms with Crippen LogP contribution < -0.4 is 5.32 Å². The zero-order valence-electron chi connectivity index (χ0n) is 8.54. The maximum absolute atomic E-state index is 4.37. The van der Waals surface area contributed by atoms with Crippen molar-refractivity contribution in [3.63, 3.8) is 0 Å². The van der Waals surface area contributed by atoms with Crippen LogP contribution >= 0.6 is 0 Å². The lowest BCUT2D eigenvalue weighted by atomic mass is 9.97. The lowest BCUT2D eigenvalue weighted by Crippen LogP contribution is -2.16. The molecule has 13 heavy (non-hydrogen) atoms. The topological polar surface area (TPSA) is 29.9 Å². The monoisotopic (exact) mass is 179 g/mol. The standard InChI is InChI=1S/C10H17N3/c1-7-4-5-11-10(7)9-6-13(3)12-8(9)2/h6-7,10-11H,4-5H2,1-3H3. The smallest absolute Gasteiger partial charge is 0.0641 e. The zero-order chi connectivity index (χ0) is 9.42. The molecule has 1 aliphatic rings. The predicted octanol–water partition coefficient (Wildman–Crippen LogP) is 1.40. The van der Waals surface area contributed by atoms with E-state index in [9.17, 15) is 0 Å². The summed E-state index contributed by atoms with van der Waals surface area (Å²) in [6.07, 6.45) is 3.41. The highest BCUT2D eigenvalue weighted by atomic mass is 15.3. The third-order valence-corrected chi connectivity index (χ3v) is 2.92. The van der Waals surface area contributed by atoms with Gasteiger partial charge in [-0.15, -0.1) is 0 Å². The fraction of sp³-hybridized carbons (Fsp3) is 0.700. The molecule has 1 aromatic rings. The summed E-state index contributed by atoms with van der Waals surface area (Å²) < 4.78 is 1.90. The number of hydrogen-bond acceptors (Lipinski definition) is 2. The summed E-state index contributed by atoms with van der Waals surface area (Å²) in [6, 6.07) is 0.522. The minimum Gasteiger partial charge on any atom is -0.310 e. The van der Waals surface area contributed by atoms with Crippen LogP contribution in [0.25, 0.3) is 0 Å². The van der Waals surface area contributed by atoms with Gasteiger partial charge in [-0.2, -0.15) is 5.10 Å². The van der Waals surface area contributed by atoms with Crippen LogP contribution in [0.2, 0.25) is 0 Å². The second-order valence-corrected chi connectivity index (χ2v) is 4.04. The van der Waals surface area contributed by atoms with E-state index in [-0.39, 0.29) is 0 Å². The lowest BCUT2D eigenvalue weighted by Gasteiger charge is -2.14. The Labute approximate surface area is 79.1 Å². The predicted molar refractivity (Wildman–Crippen MR) is 52.5 cm³/mol. The fourth-order valence-corrected chi connectivity index (χ4v) is 2.17. The lowest BCUT2D eigenvalue weighted by molar-refractivity contribution is 0.501. The van der Waals surface area contributed by atoms with Gasteiger partial charge in [-0.25, -0.2) is 0 Å². The van der Waals surface area contributed by atoms with E-state index in [2.05, 4.69) is 30.5 Å². The SMILES string of the molecule is Cc1nn(C)cc1C1NCCC1C. The molecule has 1 saturated heterocycles. The molecule has 2 rings (SSSR count). The summed E-state index contributed by atoms with van der Waals surface area (Å²) >= 11 is 0. The van der Waals surface area contributed by atoms with Crippen molar-refractivity contribution in [2.45, 2.75) is 26.3 Å². The molecule has 0 aliphatic carbocycles. The maximum atomic E-state index is 4.37. The molecule has 1 N–H and O–H groups in total. The maximum Gasteiger partial charge on any atom is 0.0641 e. The summed E-state index contributed by atoms with van der Waals surface area (Å²) in [5.74, 6) is 0.739. The zero-order valence-corrected chi connectivity index (χ0v) is 8.54. The van der Waals surface area contributed by atoms with Gasteiger partial charge < -0.3 is 5.32 Å². The van der Waals surface area contributed by atoms with Gasteiger partial charge in [0.05, 0.1) is 5.69 Å². The molecule has 0 spiro atoms. The first-order chi connectivity index (χ1) is 6.18. The molecule has 2 heterocycles. The molecule has 2 atom stereocenters. The Morgan fingerprint density at radius 2 is 2.38 bits per heavy atom. The van der Waals surface area contributed by atoms with Crippen LogP contribution in [0.1, 0.15) is 30.6 Å². The number of aromatic nitrogens is 2. The van der Waals surface area contributed by atoms with Gasteiger partial charge in [-0.1, -0.05) is 6.92 Å².